The van der Waals surface area contributed by atoms with Gasteiger partial charge in [-0.25, -0.2) is 4.39 Å². The molecule has 1 atom stereocenters. The van der Waals surface area contributed by atoms with Gasteiger partial charge in [-0.1, -0.05) is 12.1 Å². The van der Waals surface area contributed by atoms with E-state index in [9.17, 15) is 4.39 Å². The maximum atomic E-state index is 13.4. The summed E-state index contributed by atoms with van der Waals surface area (Å²) in [4.78, 5) is 4.27. The van der Waals surface area contributed by atoms with Crippen molar-refractivity contribution < 1.29 is 9.13 Å². The second kappa shape index (κ2) is 5.60. The molecule has 0 bridgehead atoms. The Kier molecular flexibility index (Phi) is 3.89. The van der Waals surface area contributed by atoms with Crippen LogP contribution in [-0.2, 0) is 0 Å². The van der Waals surface area contributed by atoms with Crippen molar-refractivity contribution in [2.45, 2.75) is 13.0 Å². The van der Waals surface area contributed by atoms with Gasteiger partial charge in [-0.3, -0.25) is 4.98 Å². The van der Waals surface area contributed by atoms with Crippen LogP contribution in [0.3, 0.4) is 0 Å². The normalized spacial score (nSPS) is 12.2. The van der Waals surface area contributed by atoms with E-state index in [1.54, 1.807) is 30.5 Å². The fourth-order valence-electron chi connectivity index (χ4n) is 1.51. The summed E-state index contributed by atoms with van der Waals surface area (Å²) < 4.78 is 18.8. The van der Waals surface area contributed by atoms with Crippen molar-refractivity contribution in [1.82, 2.24) is 10.3 Å². The van der Waals surface area contributed by atoms with Gasteiger partial charge in [0.1, 0.15) is 5.75 Å². The molecule has 1 aromatic carbocycles. The highest BCUT2D eigenvalue weighted by Gasteiger charge is 2.06. The van der Waals surface area contributed by atoms with Gasteiger partial charge >= 0.3 is 0 Å². The summed E-state index contributed by atoms with van der Waals surface area (Å²) in [6, 6.07) is 10.1. The van der Waals surface area contributed by atoms with E-state index in [-0.39, 0.29) is 17.6 Å². The molecule has 0 fully saturated rings. The minimum absolute atomic E-state index is 0.174. The van der Waals surface area contributed by atoms with Crippen LogP contribution in [0.4, 0.5) is 4.39 Å². The molecule has 1 aromatic heterocycles. The minimum Gasteiger partial charge on any atom is -0.453 e. The molecule has 0 spiro atoms. The van der Waals surface area contributed by atoms with E-state index in [1.165, 1.54) is 6.07 Å². The molecule has 3 nitrogen and oxygen atoms in total. The minimum atomic E-state index is -0.384. The molecule has 0 radical (unpaired) electrons. The van der Waals surface area contributed by atoms with Crippen molar-refractivity contribution in [2.24, 2.45) is 0 Å². The number of hydrogen-bond acceptors (Lipinski definition) is 3. The van der Waals surface area contributed by atoms with Gasteiger partial charge in [0.05, 0.1) is 11.9 Å². The number of pyridine rings is 1. The summed E-state index contributed by atoms with van der Waals surface area (Å²) in [6.45, 7) is 2.01. The molecular weight excluding hydrogens is 231 g/mol. The number of hydrogen-bond donors (Lipinski definition) is 1. The molecule has 0 aliphatic rings. The van der Waals surface area contributed by atoms with Crippen LogP contribution in [0.1, 0.15) is 18.7 Å². The molecular formula is C14H15FN2O. The predicted molar refractivity (Wildman–Crippen MR) is 68.2 cm³/mol. The molecule has 0 saturated carbocycles. The third-order valence-corrected chi connectivity index (χ3v) is 2.70. The molecule has 2 aromatic rings. The van der Waals surface area contributed by atoms with Crippen LogP contribution in [0, 0.1) is 5.82 Å². The Bertz CT molecular complexity index is 513. The fourth-order valence-corrected chi connectivity index (χ4v) is 1.51. The average molecular weight is 246 g/mol. The van der Waals surface area contributed by atoms with Gasteiger partial charge in [-0.15, -0.1) is 0 Å². The third kappa shape index (κ3) is 2.84. The van der Waals surface area contributed by atoms with E-state index in [2.05, 4.69) is 10.3 Å². The lowest BCUT2D eigenvalue weighted by atomic mass is 10.2. The van der Waals surface area contributed by atoms with Crippen molar-refractivity contribution >= 4 is 0 Å². The van der Waals surface area contributed by atoms with Gasteiger partial charge in [0.15, 0.2) is 11.6 Å². The van der Waals surface area contributed by atoms with E-state index in [0.29, 0.717) is 5.75 Å². The molecule has 4 heteroatoms. The van der Waals surface area contributed by atoms with Crippen LogP contribution in [0.5, 0.6) is 11.5 Å². The smallest absolute Gasteiger partial charge is 0.165 e. The summed E-state index contributed by atoms with van der Waals surface area (Å²) in [5, 5.41) is 3.10. The van der Waals surface area contributed by atoms with Crippen LogP contribution in [-0.4, -0.2) is 12.0 Å². The first-order valence-corrected chi connectivity index (χ1v) is 5.76. The van der Waals surface area contributed by atoms with Crippen LogP contribution in [0.2, 0.25) is 0 Å². The first kappa shape index (κ1) is 12.5. The molecule has 18 heavy (non-hydrogen) atoms. The van der Waals surface area contributed by atoms with Crippen LogP contribution >= 0.6 is 0 Å². The van der Waals surface area contributed by atoms with Crippen molar-refractivity contribution in [2.75, 3.05) is 7.05 Å². The van der Waals surface area contributed by atoms with Gasteiger partial charge < -0.3 is 10.1 Å². The third-order valence-electron chi connectivity index (χ3n) is 2.70. The average Bonchev–Trinajstić information content (AvgIpc) is 2.41. The molecule has 0 aliphatic heterocycles. The van der Waals surface area contributed by atoms with E-state index >= 15 is 0 Å². The summed E-state index contributed by atoms with van der Waals surface area (Å²) in [5.41, 5.74) is 0.915. The molecule has 1 unspecified atom stereocenters. The summed E-state index contributed by atoms with van der Waals surface area (Å²) in [6.07, 6.45) is 1.59. The van der Waals surface area contributed by atoms with Gasteiger partial charge in [0.25, 0.3) is 0 Å². The monoisotopic (exact) mass is 246 g/mol. The number of nitrogens with one attached hydrogen (secondary N) is 1. The highest BCUT2D eigenvalue weighted by molar-refractivity contribution is 5.31. The van der Waals surface area contributed by atoms with Crippen molar-refractivity contribution in [3.05, 3.63) is 54.1 Å². The Balaban J connectivity index is 2.14. The number of para-hydroxylation sites is 1. The lowest BCUT2D eigenvalue weighted by Crippen LogP contribution is -2.13. The molecule has 1 N–H and O–H groups in total. The van der Waals surface area contributed by atoms with Gasteiger partial charge in [0, 0.05) is 6.04 Å². The quantitative estimate of drug-likeness (QED) is 0.898. The number of rotatable bonds is 4. The Morgan fingerprint density at radius 2 is 2.00 bits per heavy atom. The first-order valence-electron chi connectivity index (χ1n) is 5.76. The lowest BCUT2D eigenvalue weighted by molar-refractivity contribution is 0.439. The van der Waals surface area contributed by atoms with Gasteiger partial charge in [0.2, 0.25) is 0 Å². The zero-order valence-corrected chi connectivity index (χ0v) is 10.4. The summed E-state index contributed by atoms with van der Waals surface area (Å²) >= 11 is 0. The highest BCUT2D eigenvalue weighted by Crippen LogP contribution is 2.24. The predicted octanol–water partition coefficient (Wildman–Crippen LogP) is 3.29. The zero-order chi connectivity index (χ0) is 13.0. The van der Waals surface area contributed by atoms with E-state index in [0.717, 1.165) is 5.69 Å². The van der Waals surface area contributed by atoms with Crippen molar-refractivity contribution in [3.63, 3.8) is 0 Å². The van der Waals surface area contributed by atoms with E-state index < -0.39 is 0 Å². The Hall–Kier alpha value is -1.94. The summed E-state index contributed by atoms with van der Waals surface area (Å²) in [7, 11) is 1.87. The Morgan fingerprint density at radius 1 is 1.22 bits per heavy atom. The maximum absolute atomic E-state index is 13.4. The molecule has 2 rings (SSSR count). The van der Waals surface area contributed by atoms with E-state index in [4.69, 9.17) is 4.74 Å². The van der Waals surface area contributed by atoms with Crippen molar-refractivity contribution in [1.29, 1.82) is 0 Å². The number of nitrogens with zero attached hydrogens (tertiary/aromatic N) is 1. The SMILES string of the molecule is CNC(C)c1ccc(Oc2ccccc2F)cn1. The fraction of sp³-hybridized carbons (Fsp3) is 0.214. The zero-order valence-electron chi connectivity index (χ0n) is 10.4. The van der Waals surface area contributed by atoms with Crippen LogP contribution in [0.25, 0.3) is 0 Å². The topological polar surface area (TPSA) is 34.1 Å². The second-order valence-electron chi connectivity index (χ2n) is 3.96. The highest BCUT2D eigenvalue weighted by atomic mass is 19.1. The molecule has 0 amide bonds. The van der Waals surface area contributed by atoms with Gasteiger partial charge in [-0.05, 0) is 38.2 Å². The standard InChI is InChI=1S/C14H15FN2O/c1-10(16-2)13-8-7-11(9-17-13)18-14-6-4-3-5-12(14)15/h3-10,16H,1-2H3. The Labute approximate surface area is 106 Å². The second-order valence-corrected chi connectivity index (χ2v) is 3.96. The Morgan fingerprint density at radius 3 is 2.61 bits per heavy atom. The summed E-state index contributed by atoms with van der Waals surface area (Å²) in [5.74, 6) is 0.339. The van der Waals surface area contributed by atoms with Crippen molar-refractivity contribution in [3.8, 4) is 11.5 Å². The lowest BCUT2D eigenvalue weighted by Gasteiger charge is -2.10. The largest absolute Gasteiger partial charge is 0.453 e. The molecule has 94 valence electrons. The number of benzene rings is 1. The first-order chi connectivity index (χ1) is 8.70. The molecule has 1 heterocycles. The molecule has 0 aliphatic carbocycles. The van der Waals surface area contributed by atoms with E-state index in [1.807, 2.05) is 20.0 Å². The van der Waals surface area contributed by atoms with Crippen LogP contribution in [0.15, 0.2) is 42.6 Å². The number of halogens is 1. The number of ether oxygens (including phenoxy) is 1. The maximum Gasteiger partial charge on any atom is 0.165 e. The van der Waals surface area contributed by atoms with Gasteiger partial charge in [-0.2, -0.15) is 0 Å². The van der Waals surface area contributed by atoms with Crippen LogP contribution < -0.4 is 10.1 Å². The molecule has 0 saturated heterocycles. The number of aromatic nitrogens is 1.